The maximum Gasteiger partial charge on any atom is 0.446 e. The number of hydrogen-bond acceptors (Lipinski definition) is 6. The highest BCUT2D eigenvalue weighted by atomic mass is 32.3. The Labute approximate surface area is 103 Å². The highest BCUT2D eigenvalue weighted by Gasteiger charge is 2.21. The maximum absolute atomic E-state index is 10.8. The lowest BCUT2D eigenvalue weighted by Gasteiger charge is -2.12. The fourth-order valence-electron chi connectivity index (χ4n) is 1.19. The minimum atomic E-state index is -4.78. The topological polar surface area (TPSA) is 119 Å². The van der Waals surface area contributed by atoms with Gasteiger partial charge in [0, 0.05) is 0 Å². The van der Waals surface area contributed by atoms with Gasteiger partial charge in [-0.3, -0.25) is 4.55 Å². The first-order chi connectivity index (χ1) is 8.28. The van der Waals surface area contributed by atoms with E-state index in [9.17, 15) is 13.2 Å². The summed E-state index contributed by atoms with van der Waals surface area (Å²) in [4.78, 5) is 10.8. The molecule has 0 spiro atoms. The Morgan fingerprint density at radius 1 is 1.17 bits per heavy atom. The van der Waals surface area contributed by atoms with Crippen molar-refractivity contribution in [1.29, 1.82) is 0 Å². The molecule has 0 fully saturated rings. The normalized spacial score (nSPS) is 10.8. The van der Waals surface area contributed by atoms with Gasteiger partial charge in [0.15, 0.2) is 11.5 Å². The Balaban J connectivity index is 3.44. The molecular weight excluding hydrogens is 268 g/mol. The first kappa shape index (κ1) is 14.1. The van der Waals surface area contributed by atoms with Crippen molar-refractivity contribution >= 4 is 16.4 Å². The number of ether oxygens (including phenoxy) is 2. The number of benzene rings is 1. The zero-order valence-corrected chi connectivity index (χ0v) is 10.2. The Morgan fingerprint density at radius 2 is 1.61 bits per heavy atom. The number of methoxy groups -OCH3 is 2. The summed E-state index contributed by atoms with van der Waals surface area (Å²) in [6.45, 7) is 0. The molecule has 0 saturated carbocycles. The van der Waals surface area contributed by atoms with E-state index >= 15 is 0 Å². The van der Waals surface area contributed by atoms with Crippen LogP contribution in [0.5, 0.6) is 17.2 Å². The number of hydrogen-bond donors (Lipinski definition) is 2. The Bertz CT molecular complexity index is 537. The van der Waals surface area contributed by atoms with Gasteiger partial charge in [-0.25, -0.2) is 4.79 Å². The van der Waals surface area contributed by atoms with Gasteiger partial charge in [-0.1, -0.05) is 0 Å². The van der Waals surface area contributed by atoms with E-state index in [4.69, 9.17) is 19.1 Å². The highest BCUT2D eigenvalue weighted by Crippen LogP contribution is 2.39. The predicted octanol–water partition coefficient (Wildman–Crippen LogP) is 0.584. The largest absolute Gasteiger partial charge is 0.493 e. The minimum Gasteiger partial charge on any atom is -0.493 e. The van der Waals surface area contributed by atoms with Crippen molar-refractivity contribution in [3.63, 3.8) is 0 Å². The van der Waals surface area contributed by atoms with Crippen molar-refractivity contribution in [3.8, 4) is 17.2 Å². The number of carboxylic acids is 1. The zero-order chi connectivity index (χ0) is 13.9. The molecular formula is C9H10O8S. The Morgan fingerprint density at radius 3 is 1.89 bits per heavy atom. The van der Waals surface area contributed by atoms with Crippen LogP contribution in [0.4, 0.5) is 0 Å². The van der Waals surface area contributed by atoms with Crippen LogP contribution in [0, 0.1) is 0 Å². The summed E-state index contributed by atoms with van der Waals surface area (Å²) in [5.41, 5.74) is -0.189. The average molecular weight is 278 g/mol. The molecule has 0 radical (unpaired) electrons. The summed E-state index contributed by atoms with van der Waals surface area (Å²) in [5, 5.41) is 8.83. The first-order valence-corrected chi connectivity index (χ1v) is 5.81. The fraction of sp³-hybridized carbons (Fsp3) is 0.222. The molecule has 0 aliphatic rings. The lowest BCUT2D eigenvalue weighted by atomic mass is 10.2. The molecule has 1 rings (SSSR count). The zero-order valence-electron chi connectivity index (χ0n) is 9.41. The fourth-order valence-corrected chi connectivity index (χ4v) is 1.57. The van der Waals surface area contributed by atoms with Crippen LogP contribution in [0.1, 0.15) is 10.4 Å². The van der Waals surface area contributed by atoms with Crippen LogP contribution in [0.15, 0.2) is 12.1 Å². The molecule has 2 N–H and O–H groups in total. The third-order valence-corrected chi connectivity index (χ3v) is 2.27. The molecule has 18 heavy (non-hydrogen) atoms. The van der Waals surface area contributed by atoms with E-state index in [-0.39, 0.29) is 17.1 Å². The summed E-state index contributed by atoms with van der Waals surface area (Å²) in [5.74, 6) is -2.11. The second kappa shape index (κ2) is 5.10. The number of aromatic carboxylic acids is 1. The van der Waals surface area contributed by atoms with E-state index in [1.165, 1.54) is 14.2 Å². The second-order valence-electron chi connectivity index (χ2n) is 3.03. The van der Waals surface area contributed by atoms with E-state index in [1.54, 1.807) is 0 Å². The monoisotopic (exact) mass is 278 g/mol. The number of rotatable bonds is 5. The van der Waals surface area contributed by atoms with E-state index < -0.39 is 22.1 Å². The highest BCUT2D eigenvalue weighted by molar-refractivity contribution is 7.81. The molecule has 0 aliphatic carbocycles. The molecule has 0 bridgehead atoms. The minimum absolute atomic E-state index is 0.189. The number of carboxylic acid groups (broad SMARTS) is 1. The standard InChI is InChI=1S/C9H10O8S/c1-15-6-3-5(9(10)11)4-7(16-2)8(6)17-18(12,13)14/h3-4H,1-2H3,(H,10,11)(H,12,13,14). The van der Waals surface area contributed by atoms with Crippen molar-refractivity contribution in [2.75, 3.05) is 14.2 Å². The lowest BCUT2D eigenvalue weighted by Crippen LogP contribution is -2.09. The van der Waals surface area contributed by atoms with Gasteiger partial charge in [-0.05, 0) is 12.1 Å². The van der Waals surface area contributed by atoms with Crippen LogP contribution >= 0.6 is 0 Å². The summed E-state index contributed by atoms with van der Waals surface area (Å²) in [6.07, 6.45) is 0. The quantitative estimate of drug-likeness (QED) is 0.751. The molecule has 1 aromatic rings. The van der Waals surface area contributed by atoms with Crippen LogP contribution in [0.2, 0.25) is 0 Å². The molecule has 0 amide bonds. The SMILES string of the molecule is COc1cc(C(=O)O)cc(OC)c1OS(=O)(=O)O. The Hall–Kier alpha value is -2.00. The third-order valence-electron chi connectivity index (χ3n) is 1.90. The van der Waals surface area contributed by atoms with E-state index in [2.05, 4.69) is 4.18 Å². The van der Waals surface area contributed by atoms with E-state index in [0.29, 0.717) is 0 Å². The summed E-state index contributed by atoms with van der Waals surface area (Å²) in [6, 6.07) is 2.07. The van der Waals surface area contributed by atoms with Crippen LogP contribution in [-0.4, -0.2) is 38.3 Å². The molecule has 100 valence electrons. The summed E-state index contributed by atoms with van der Waals surface area (Å²) < 4.78 is 43.8. The molecule has 0 aromatic heterocycles. The van der Waals surface area contributed by atoms with Crippen molar-refractivity contribution in [1.82, 2.24) is 0 Å². The third kappa shape index (κ3) is 3.25. The van der Waals surface area contributed by atoms with Gasteiger partial charge in [-0.15, -0.1) is 0 Å². The molecule has 0 aliphatic heterocycles. The van der Waals surface area contributed by atoms with Crippen LogP contribution in [-0.2, 0) is 10.4 Å². The maximum atomic E-state index is 10.8. The molecule has 9 heteroatoms. The lowest BCUT2D eigenvalue weighted by molar-refractivity contribution is 0.0696. The van der Waals surface area contributed by atoms with Crippen molar-refractivity contribution in [3.05, 3.63) is 17.7 Å². The molecule has 1 aromatic carbocycles. The average Bonchev–Trinajstić information content (AvgIpc) is 2.26. The van der Waals surface area contributed by atoms with E-state index in [0.717, 1.165) is 12.1 Å². The summed E-state index contributed by atoms with van der Waals surface area (Å²) in [7, 11) is -2.43. The molecule has 0 unspecified atom stereocenters. The van der Waals surface area contributed by atoms with Gasteiger partial charge >= 0.3 is 16.4 Å². The van der Waals surface area contributed by atoms with E-state index in [1.807, 2.05) is 0 Å². The van der Waals surface area contributed by atoms with Crippen LogP contribution < -0.4 is 13.7 Å². The van der Waals surface area contributed by atoms with Gasteiger partial charge in [0.05, 0.1) is 19.8 Å². The predicted molar refractivity (Wildman–Crippen MR) is 58.7 cm³/mol. The van der Waals surface area contributed by atoms with Crippen molar-refractivity contribution in [2.45, 2.75) is 0 Å². The Kier molecular flexibility index (Phi) is 3.99. The van der Waals surface area contributed by atoms with Gasteiger partial charge in [0.2, 0.25) is 5.75 Å². The first-order valence-electron chi connectivity index (χ1n) is 4.44. The summed E-state index contributed by atoms with van der Waals surface area (Å²) >= 11 is 0. The van der Waals surface area contributed by atoms with Crippen LogP contribution in [0.25, 0.3) is 0 Å². The van der Waals surface area contributed by atoms with Gasteiger partial charge in [0.25, 0.3) is 0 Å². The molecule has 0 heterocycles. The smallest absolute Gasteiger partial charge is 0.446 e. The molecule has 8 nitrogen and oxygen atoms in total. The molecule has 0 atom stereocenters. The second-order valence-corrected chi connectivity index (χ2v) is 4.05. The van der Waals surface area contributed by atoms with Crippen molar-refractivity contribution < 1.29 is 36.5 Å². The van der Waals surface area contributed by atoms with Gasteiger partial charge < -0.3 is 18.8 Å². The van der Waals surface area contributed by atoms with Gasteiger partial charge in [-0.2, -0.15) is 8.42 Å². The molecule has 0 saturated heterocycles. The van der Waals surface area contributed by atoms with Crippen LogP contribution in [0.3, 0.4) is 0 Å². The number of carbonyl (C=O) groups is 1. The van der Waals surface area contributed by atoms with Crippen molar-refractivity contribution in [2.24, 2.45) is 0 Å². The van der Waals surface area contributed by atoms with Gasteiger partial charge in [0.1, 0.15) is 0 Å².